The average Bonchev–Trinajstić information content (AvgIpc) is 2.66. The van der Waals surface area contributed by atoms with E-state index in [1.165, 1.54) is 12.1 Å². The molecule has 0 aliphatic carbocycles. The first-order chi connectivity index (χ1) is 13.6. The molecule has 29 heavy (non-hydrogen) atoms. The average molecular weight is 419 g/mol. The van der Waals surface area contributed by atoms with Crippen LogP contribution in [0.25, 0.3) is 0 Å². The maximum Gasteiger partial charge on any atom is 0.262 e. The quantitative estimate of drug-likeness (QED) is 0.639. The number of carbonyl (C=O) groups is 1. The second-order valence-electron chi connectivity index (χ2n) is 7.49. The molecule has 0 aromatic heterocycles. The maximum absolute atomic E-state index is 12.3. The Labute approximate surface area is 173 Å². The summed E-state index contributed by atoms with van der Waals surface area (Å²) in [6.45, 7) is 9.72. The molecule has 0 fully saturated rings. The fourth-order valence-electron chi connectivity index (χ4n) is 2.72. The van der Waals surface area contributed by atoms with Crippen molar-refractivity contribution in [3.63, 3.8) is 0 Å². The lowest BCUT2D eigenvalue weighted by molar-refractivity contribution is -0.118. The van der Waals surface area contributed by atoms with Gasteiger partial charge in [0.25, 0.3) is 5.91 Å². The predicted molar refractivity (Wildman–Crippen MR) is 116 cm³/mol. The molecule has 0 aliphatic heterocycles. The van der Waals surface area contributed by atoms with E-state index in [4.69, 9.17) is 4.74 Å². The lowest BCUT2D eigenvalue weighted by Crippen LogP contribution is -2.32. The van der Waals surface area contributed by atoms with Gasteiger partial charge in [0.2, 0.25) is 10.0 Å². The zero-order valence-corrected chi connectivity index (χ0v) is 18.5. The minimum Gasteiger partial charge on any atom is -0.483 e. The SMILES string of the molecule is CCC(C)NS(=O)(=O)c1ccc(NC(=O)COc2cc(C)ccc2C(C)C)cc1. The number of hydrogen-bond acceptors (Lipinski definition) is 4. The van der Waals surface area contributed by atoms with Gasteiger partial charge in [-0.1, -0.05) is 32.9 Å². The van der Waals surface area contributed by atoms with E-state index in [0.29, 0.717) is 17.9 Å². The molecule has 1 amide bonds. The number of nitrogens with one attached hydrogen (secondary N) is 2. The summed E-state index contributed by atoms with van der Waals surface area (Å²) in [6, 6.07) is 11.9. The smallest absolute Gasteiger partial charge is 0.262 e. The number of amides is 1. The molecule has 0 heterocycles. The van der Waals surface area contributed by atoms with Gasteiger partial charge < -0.3 is 10.1 Å². The summed E-state index contributed by atoms with van der Waals surface area (Å²) < 4.78 is 32.9. The van der Waals surface area contributed by atoms with E-state index in [0.717, 1.165) is 11.1 Å². The summed E-state index contributed by atoms with van der Waals surface area (Å²) in [5.41, 5.74) is 2.62. The van der Waals surface area contributed by atoms with Gasteiger partial charge in [-0.25, -0.2) is 13.1 Å². The van der Waals surface area contributed by atoms with Crippen LogP contribution in [0.1, 0.15) is 51.2 Å². The van der Waals surface area contributed by atoms with Crippen LogP contribution in [0.15, 0.2) is 47.4 Å². The van der Waals surface area contributed by atoms with Crippen LogP contribution in [-0.4, -0.2) is 27.0 Å². The van der Waals surface area contributed by atoms with Gasteiger partial charge in [0.15, 0.2) is 6.61 Å². The van der Waals surface area contributed by atoms with E-state index in [-0.39, 0.29) is 29.4 Å². The molecule has 0 saturated carbocycles. The van der Waals surface area contributed by atoms with Crippen LogP contribution in [-0.2, 0) is 14.8 Å². The molecule has 0 saturated heterocycles. The highest BCUT2D eigenvalue weighted by atomic mass is 32.2. The molecular weight excluding hydrogens is 388 g/mol. The first-order valence-electron chi connectivity index (χ1n) is 9.78. The van der Waals surface area contributed by atoms with Crippen molar-refractivity contribution < 1.29 is 17.9 Å². The highest BCUT2D eigenvalue weighted by molar-refractivity contribution is 7.89. The monoisotopic (exact) mass is 418 g/mol. The van der Waals surface area contributed by atoms with Crippen LogP contribution in [0.2, 0.25) is 0 Å². The van der Waals surface area contributed by atoms with E-state index in [1.807, 2.05) is 39.0 Å². The van der Waals surface area contributed by atoms with E-state index in [9.17, 15) is 13.2 Å². The second-order valence-corrected chi connectivity index (χ2v) is 9.20. The summed E-state index contributed by atoms with van der Waals surface area (Å²) in [4.78, 5) is 12.4. The van der Waals surface area contributed by atoms with E-state index >= 15 is 0 Å². The lowest BCUT2D eigenvalue weighted by atomic mass is 10.0. The third kappa shape index (κ3) is 6.58. The van der Waals surface area contributed by atoms with Gasteiger partial charge >= 0.3 is 0 Å². The van der Waals surface area contributed by atoms with E-state index in [2.05, 4.69) is 23.9 Å². The fraction of sp³-hybridized carbons (Fsp3) is 0.409. The van der Waals surface area contributed by atoms with Crippen molar-refractivity contribution in [1.82, 2.24) is 4.72 Å². The van der Waals surface area contributed by atoms with Crippen molar-refractivity contribution in [3.05, 3.63) is 53.6 Å². The van der Waals surface area contributed by atoms with Gasteiger partial charge in [-0.2, -0.15) is 0 Å². The Morgan fingerprint density at radius 3 is 2.31 bits per heavy atom. The number of sulfonamides is 1. The molecule has 2 aromatic rings. The van der Waals surface area contributed by atoms with Crippen molar-refractivity contribution in [1.29, 1.82) is 0 Å². The van der Waals surface area contributed by atoms with Gasteiger partial charge in [0, 0.05) is 11.7 Å². The summed E-state index contributed by atoms with van der Waals surface area (Å²) in [5.74, 6) is 0.675. The summed E-state index contributed by atoms with van der Waals surface area (Å²) in [5, 5.41) is 2.73. The molecule has 2 aromatic carbocycles. The van der Waals surface area contributed by atoms with Crippen molar-refractivity contribution in [2.24, 2.45) is 0 Å². The number of hydrogen-bond donors (Lipinski definition) is 2. The first kappa shape index (κ1) is 22.9. The molecule has 0 bridgehead atoms. The molecule has 7 heteroatoms. The Morgan fingerprint density at radius 2 is 1.72 bits per heavy atom. The lowest BCUT2D eigenvalue weighted by Gasteiger charge is -2.15. The number of rotatable bonds is 9. The normalized spacial score (nSPS) is 12.6. The first-order valence-corrected chi connectivity index (χ1v) is 11.3. The van der Waals surface area contributed by atoms with Crippen molar-refractivity contribution in [2.75, 3.05) is 11.9 Å². The highest BCUT2D eigenvalue weighted by Gasteiger charge is 2.16. The fourth-order valence-corrected chi connectivity index (χ4v) is 4.04. The zero-order valence-electron chi connectivity index (χ0n) is 17.7. The number of anilines is 1. The summed E-state index contributed by atoms with van der Waals surface area (Å²) >= 11 is 0. The van der Waals surface area contributed by atoms with Crippen LogP contribution in [0.5, 0.6) is 5.75 Å². The number of carbonyl (C=O) groups excluding carboxylic acids is 1. The topological polar surface area (TPSA) is 84.5 Å². The van der Waals surface area contributed by atoms with Crippen LogP contribution in [0, 0.1) is 6.92 Å². The third-order valence-corrected chi connectivity index (χ3v) is 6.17. The van der Waals surface area contributed by atoms with Crippen LogP contribution in [0.3, 0.4) is 0 Å². The Balaban J connectivity index is 1.99. The Morgan fingerprint density at radius 1 is 1.07 bits per heavy atom. The number of ether oxygens (including phenoxy) is 1. The van der Waals surface area contributed by atoms with Gasteiger partial charge in [0.05, 0.1) is 4.90 Å². The third-order valence-electron chi connectivity index (χ3n) is 4.57. The van der Waals surface area contributed by atoms with E-state index in [1.54, 1.807) is 12.1 Å². The van der Waals surface area contributed by atoms with Gasteiger partial charge in [-0.15, -0.1) is 0 Å². The zero-order chi connectivity index (χ0) is 21.6. The van der Waals surface area contributed by atoms with Crippen molar-refractivity contribution >= 4 is 21.6 Å². The van der Waals surface area contributed by atoms with Gasteiger partial charge in [-0.05, 0) is 67.6 Å². The maximum atomic E-state index is 12.3. The minimum atomic E-state index is -3.57. The Bertz CT molecular complexity index is 938. The standard InChI is InChI=1S/C22H30N2O4S/c1-6-17(5)24-29(26,27)19-10-8-18(9-11-19)23-22(25)14-28-21-13-16(4)7-12-20(21)15(2)3/h7-13,15,17,24H,6,14H2,1-5H3,(H,23,25). The highest BCUT2D eigenvalue weighted by Crippen LogP contribution is 2.27. The molecule has 0 radical (unpaired) electrons. The Hall–Kier alpha value is -2.38. The Kier molecular flexibility index (Phi) is 7.81. The molecule has 1 unspecified atom stereocenters. The predicted octanol–water partition coefficient (Wildman–Crippen LogP) is 4.21. The molecular formula is C22H30N2O4S. The number of benzene rings is 2. The van der Waals surface area contributed by atoms with Crippen LogP contribution in [0.4, 0.5) is 5.69 Å². The molecule has 6 nitrogen and oxygen atoms in total. The van der Waals surface area contributed by atoms with Crippen LogP contribution < -0.4 is 14.8 Å². The molecule has 2 N–H and O–H groups in total. The van der Waals surface area contributed by atoms with E-state index < -0.39 is 10.0 Å². The molecule has 2 rings (SSSR count). The second kappa shape index (κ2) is 9.89. The van der Waals surface area contributed by atoms with Crippen molar-refractivity contribution in [3.8, 4) is 5.75 Å². The minimum absolute atomic E-state index is 0.126. The van der Waals surface area contributed by atoms with Crippen LogP contribution >= 0.6 is 0 Å². The van der Waals surface area contributed by atoms with Gasteiger partial charge in [0.1, 0.15) is 5.75 Å². The largest absolute Gasteiger partial charge is 0.483 e. The summed E-state index contributed by atoms with van der Waals surface area (Å²) in [6.07, 6.45) is 0.701. The van der Waals surface area contributed by atoms with Gasteiger partial charge in [-0.3, -0.25) is 4.79 Å². The number of aryl methyl sites for hydroxylation is 1. The molecule has 0 aliphatic rings. The summed E-state index contributed by atoms with van der Waals surface area (Å²) in [7, 11) is -3.57. The molecule has 158 valence electrons. The van der Waals surface area contributed by atoms with Crippen molar-refractivity contribution in [2.45, 2.75) is 57.9 Å². The molecule has 0 spiro atoms. The molecule has 1 atom stereocenters.